The van der Waals surface area contributed by atoms with Crippen LogP contribution in [0, 0.1) is 12.3 Å². The third-order valence-corrected chi connectivity index (χ3v) is 3.10. The Morgan fingerprint density at radius 2 is 1.94 bits per heavy atom. The lowest BCUT2D eigenvalue weighted by atomic mass is 10.1. The molecule has 5 heteroatoms. The van der Waals surface area contributed by atoms with Crippen LogP contribution in [0.5, 0.6) is 0 Å². The van der Waals surface area contributed by atoms with Gasteiger partial charge in [-0.05, 0) is 5.56 Å². The first-order valence-electron chi connectivity index (χ1n) is 5.42. The Kier molecular flexibility index (Phi) is 6.10. The van der Waals surface area contributed by atoms with Gasteiger partial charge in [0.1, 0.15) is 6.04 Å². The van der Waals surface area contributed by atoms with Gasteiger partial charge in [0.2, 0.25) is 0 Å². The lowest BCUT2D eigenvalue weighted by Gasteiger charge is -2.22. The van der Waals surface area contributed by atoms with E-state index >= 15 is 0 Å². The Labute approximate surface area is 109 Å². The number of benzene rings is 1. The molecule has 1 unspecified atom stereocenters. The van der Waals surface area contributed by atoms with E-state index in [1.807, 2.05) is 0 Å². The maximum Gasteiger partial charge on any atom is 0.407 e. The van der Waals surface area contributed by atoms with Crippen molar-refractivity contribution in [3.63, 3.8) is 0 Å². The first-order chi connectivity index (χ1) is 8.55. The normalized spacial score (nSPS) is 13.0. The average molecular weight is 273 g/mol. The summed E-state index contributed by atoms with van der Waals surface area (Å²) in [6.45, 7) is 0.269. The number of thioether (sulfide) groups is 1. The summed E-state index contributed by atoms with van der Waals surface area (Å²) in [7, 11) is 0. The fraction of sp³-hybridized carbons (Fsp3) is 0.385. The van der Waals surface area contributed by atoms with Crippen molar-refractivity contribution >= 4 is 11.8 Å². The van der Waals surface area contributed by atoms with Crippen molar-refractivity contribution in [2.24, 2.45) is 0 Å². The van der Waals surface area contributed by atoms with Crippen LogP contribution in [0.2, 0.25) is 0 Å². The average Bonchev–Trinajstić information content (AvgIpc) is 2.33. The van der Waals surface area contributed by atoms with Crippen molar-refractivity contribution in [3.05, 3.63) is 35.9 Å². The minimum Gasteiger partial charge on any atom is -0.302 e. The minimum atomic E-state index is -4.29. The zero-order chi connectivity index (χ0) is 13.4. The Balaban J connectivity index is 2.56. The second kappa shape index (κ2) is 7.34. The largest absolute Gasteiger partial charge is 0.407 e. The molecule has 1 aromatic carbocycles. The highest BCUT2D eigenvalue weighted by Crippen LogP contribution is 2.32. The van der Waals surface area contributed by atoms with E-state index in [1.54, 1.807) is 18.2 Å². The molecule has 0 bridgehead atoms. The molecule has 1 atom stereocenters. The van der Waals surface area contributed by atoms with E-state index in [1.165, 1.54) is 23.9 Å². The summed E-state index contributed by atoms with van der Waals surface area (Å²) in [4.78, 5) is 0. The molecule has 1 N–H and O–H groups in total. The Morgan fingerprint density at radius 3 is 2.50 bits per heavy atom. The topological polar surface area (TPSA) is 12.0 Å². The van der Waals surface area contributed by atoms with Gasteiger partial charge >= 0.3 is 6.18 Å². The van der Waals surface area contributed by atoms with Crippen LogP contribution in [0.4, 0.5) is 13.2 Å². The molecule has 0 aromatic heterocycles. The van der Waals surface area contributed by atoms with Crippen LogP contribution in [-0.2, 0) is 0 Å². The van der Waals surface area contributed by atoms with Crippen LogP contribution in [0.15, 0.2) is 30.3 Å². The van der Waals surface area contributed by atoms with Crippen LogP contribution >= 0.6 is 11.8 Å². The lowest BCUT2D eigenvalue weighted by molar-refractivity contribution is -0.157. The minimum absolute atomic E-state index is 0.229. The summed E-state index contributed by atoms with van der Waals surface area (Å²) < 4.78 is 38.6. The van der Waals surface area contributed by atoms with Crippen LogP contribution in [0.1, 0.15) is 11.6 Å². The molecule has 1 nitrogen and oxygen atoms in total. The standard InChI is InChI=1S/C13H14F3NS/c1-2-9-18-10-8-17-12(13(14,15)16)11-6-4-3-5-7-11/h1,3-7,12,17H,8-10H2. The maximum absolute atomic E-state index is 12.9. The first-order valence-corrected chi connectivity index (χ1v) is 6.57. The highest BCUT2D eigenvalue weighted by molar-refractivity contribution is 7.99. The molecular weight excluding hydrogens is 259 g/mol. The molecule has 0 heterocycles. The van der Waals surface area contributed by atoms with Gasteiger partial charge in [0.25, 0.3) is 0 Å². The van der Waals surface area contributed by atoms with E-state index in [0.717, 1.165) is 0 Å². The van der Waals surface area contributed by atoms with Crippen LogP contribution < -0.4 is 5.32 Å². The summed E-state index contributed by atoms with van der Waals surface area (Å²) in [6, 6.07) is 6.22. The third-order valence-electron chi connectivity index (χ3n) is 2.24. The molecule has 1 aromatic rings. The van der Waals surface area contributed by atoms with E-state index in [-0.39, 0.29) is 12.1 Å². The zero-order valence-electron chi connectivity index (χ0n) is 9.70. The number of rotatable bonds is 6. The van der Waals surface area contributed by atoms with Gasteiger partial charge in [-0.15, -0.1) is 18.2 Å². The quantitative estimate of drug-likeness (QED) is 0.631. The summed E-state index contributed by atoms with van der Waals surface area (Å²) in [5.41, 5.74) is 0.229. The molecule has 0 saturated carbocycles. The van der Waals surface area contributed by atoms with Gasteiger partial charge in [0.15, 0.2) is 0 Å². The Bertz CT molecular complexity index is 383. The fourth-order valence-electron chi connectivity index (χ4n) is 1.47. The predicted molar refractivity (Wildman–Crippen MR) is 69.4 cm³/mol. The van der Waals surface area contributed by atoms with Gasteiger partial charge in [0, 0.05) is 12.3 Å². The Hall–Kier alpha value is -1.12. The van der Waals surface area contributed by atoms with Crippen molar-refractivity contribution in [2.45, 2.75) is 12.2 Å². The number of halogens is 3. The lowest BCUT2D eigenvalue weighted by Crippen LogP contribution is -2.35. The number of terminal acetylenes is 1. The second-order valence-corrected chi connectivity index (χ2v) is 4.70. The van der Waals surface area contributed by atoms with E-state index < -0.39 is 12.2 Å². The SMILES string of the molecule is C#CCSCCNC(c1ccccc1)C(F)(F)F. The molecule has 0 amide bonds. The summed E-state index contributed by atoms with van der Waals surface area (Å²) in [5, 5.41) is 2.52. The van der Waals surface area contributed by atoms with Crippen LogP contribution in [0.3, 0.4) is 0 Å². The van der Waals surface area contributed by atoms with E-state index in [4.69, 9.17) is 6.42 Å². The van der Waals surface area contributed by atoms with Gasteiger partial charge in [-0.1, -0.05) is 36.3 Å². The molecule has 0 aliphatic rings. The van der Waals surface area contributed by atoms with Crippen molar-refractivity contribution < 1.29 is 13.2 Å². The molecule has 18 heavy (non-hydrogen) atoms. The fourth-order valence-corrected chi connectivity index (χ4v) is 2.00. The highest BCUT2D eigenvalue weighted by atomic mass is 32.2. The molecule has 0 saturated heterocycles. The molecule has 1 rings (SSSR count). The van der Waals surface area contributed by atoms with E-state index in [9.17, 15) is 13.2 Å². The first kappa shape index (κ1) is 14.9. The van der Waals surface area contributed by atoms with Crippen molar-refractivity contribution in [2.75, 3.05) is 18.1 Å². The smallest absolute Gasteiger partial charge is 0.302 e. The molecular formula is C13H14F3NS. The molecule has 0 spiro atoms. The monoisotopic (exact) mass is 273 g/mol. The molecule has 0 fully saturated rings. The number of hydrogen-bond donors (Lipinski definition) is 1. The van der Waals surface area contributed by atoms with Gasteiger partial charge < -0.3 is 5.32 Å². The van der Waals surface area contributed by atoms with Gasteiger partial charge in [-0.2, -0.15) is 13.2 Å². The number of alkyl halides is 3. The predicted octanol–water partition coefficient (Wildman–Crippen LogP) is 3.25. The van der Waals surface area contributed by atoms with Crippen LogP contribution in [0.25, 0.3) is 0 Å². The molecule has 0 aliphatic heterocycles. The second-order valence-electron chi connectivity index (χ2n) is 3.60. The van der Waals surface area contributed by atoms with Crippen molar-refractivity contribution in [3.8, 4) is 12.3 Å². The summed E-state index contributed by atoms with van der Waals surface area (Å²) in [6.07, 6.45) is 0.766. The van der Waals surface area contributed by atoms with Crippen molar-refractivity contribution in [1.82, 2.24) is 5.32 Å². The number of hydrogen-bond acceptors (Lipinski definition) is 2. The molecule has 0 aliphatic carbocycles. The number of nitrogens with one attached hydrogen (secondary N) is 1. The Morgan fingerprint density at radius 1 is 1.28 bits per heavy atom. The van der Waals surface area contributed by atoms with Crippen LogP contribution in [-0.4, -0.2) is 24.2 Å². The summed E-state index contributed by atoms with van der Waals surface area (Å²) in [5.74, 6) is 3.51. The highest BCUT2D eigenvalue weighted by Gasteiger charge is 2.40. The third kappa shape index (κ3) is 5.03. The molecule has 98 valence electrons. The summed E-state index contributed by atoms with van der Waals surface area (Å²) >= 11 is 1.44. The van der Waals surface area contributed by atoms with E-state index in [0.29, 0.717) is 11.5 Å². The van der Waals surface area contributed by atoms with Crippen molar-refractivity contribution in [1.29, 1.82) is 0 Å². The maximum atomic E-state index is 12.9. The zero-order valence-corrected chi connectivity index (χ0v) is 10.5. The molecule has 0 radical (unpaired) electrons. The van der Waals surface area contributed by atoms with E-state index in [2.05, 4.69) is 11.2 Å². The van der Waals surface area contributed by atoms with Gasteiger partial charge in [-0.3, -0.25) is 0 Å². The van der Waals surface area contributed by atoms with Gasteiger partial charge in [0.05, 0.1) is 5.75 Å². The van der Waals surface area contributed by atoms with Gasteiger partial charge in [-0.25, -0.2) is 0 Å².